The summed E-state index contributed by atoms with van der Waals surface area (Å²) in [5.74, 6) is -0.749. The van der Waals surface area contributed by atoms with E-state index in [1.807, 2.05) is 0 Å². The molecule has 0 radical (unpaired) electrons. The maximum absolute atomic E-state index is 11.4. The normalized spacial score (nSPS) is 13.6. The van der Waals surface area contributed by atoms with Gasteiger partial charge in [0.2, 0.25) is 0 Å². The molecule has 1 atom stereocenters. The van der Waals surface area contributed by atoms with E-state index in [-0.39, 0.29) is 12.2 Å². The summed E-state index contributed by atoms with van der Waals surface area (Å²) in [6.07, 6.45) is 12.2. The van der Waals surface area contributed by atoms with E-state index in [1.54, 1.807) is 37.3 Å². The lowest BCUT2D eigenvalue weighted by Crippen LogP contribution is -1.95. The summed E-state index contributed by atoms with van der Waals surface area (Å²) >= 11 is 0. The van der Waals surface area contributed by atoms with Crippen LogP contribution in [0.4, 0.5) is 0 Å². The number of rotatable bonds is 10. The molecule has 0 amide bonds. The molecule has 0 bridgehead atoms. The number of ketones is 1. The van der Waals surface area contributed by atoms with Crippen LogP contribution in [0, 0.1) is 0 Å². The van der Waals surface area contributed by atoms with E-state index < -0.39 is 12.1 Å². The molecule has 0 rings (SSSR count). The Kier molecular flexibility index (Phi) is 10.4. The molecule has 0 aliphatic carbocycles. The van der Waals surface area contributed by atoms with E-state index in [0.717, 1.165) is 12.8 Å². The fraction of sp³-hybridized carbons (Fsp3) is 0.467. The van der Waals surface area contributed by atoms with Crippen LogP contribution < -0.4 is 0 Å². The summed E-state index contributed by atoms with van der Waals surface area (Å²) in [6.45, 7) is 1.66. The Bertz CT molecular complexity index is 351. The number of allylic oxidation sites excluding steroid dienone is 5. The Morgan fingerprint density at radius 2 is 1.63 bits per heavy atom. The fourth-order valence-electron chi connectivity index (χ4n) is 1.35. The van der Waals surface area contributed by atoms with Crippen molar-refractivity contribution in [1.29, 1.82) is 0 Å². The summed E-state index contributed by atoms with van der Waals surface area (Å²) in [5, 5.41) is 17.4. The molecule has 19 heavy (non-hydrogen) atoms. The molecular weight excluding hydrogens is 244 g/mol. The minimum atomic E-state index is -0.790. The van der Waals surface area contributed by atoms with Crippen molar-refractivity contribution in [1.82, 2.24) is 0 Å². The van der Waals surface area contributed by atoms with Gasteiger partial charge in [0, 0.05) is 12.8 Å². The number of unbranched alkanes of at least 4 members (excludes halogenated alkanes) is 2. The highest BCUT2D eigenvalue weighted by atomic mass is 16.4. The lowest BCUT2D eigenvalue weighted by Gasteiger charge is -1.96. The van der Waals surface area contributed by atoms with E-state index in [1.165, 1.54) is 6.08 Å². The summed E-state index contributed by atoms with van der Waals surface area (Å²) in [5.41, 5.74) is 0. The quantitative estimate of drug-likeness (QED) is 0.362. The van der Waals surface area contributed by atoms with Gasteiger partial charge in [-0.25, -0.2) is 0 Å². The number of aliphatic hydroxyl groups excluding tert-OH is 1. The topological polar surface area (TPSA) is 74.6 Å². The van der Waals surface area contributed by atoms with E-state index in [4.69, 9.17) is 10.2 Å². The Labute approximate surface area is 114 Å². The molecule has 4 nitrogen and oxygen atoms in total. The van der Waals surface area contributed by atoms with E-state index in [2.05, 4.69) is 0 Å². The molecule has 0 aromatic carbocycles. The van der Waals surface area contributed by atoms with Crippen LogP contribution in [-0.2, 0) is 9.59 Å². The molecule has 0 fully saturated rings. The van der Waals surface area contributed by atoms with Gasteiger partial charge in [-0.2, -0.15) is 0 Å². The molecule has 0 aromatic heterocycles. The zero-order chi connectivity index (χ0) is 14.5. The van der Waals surface area contributed by atoms with Crippen LogP contribution in [0.5, 0.6) is 0 Å². The maximum Gasteiger partial charge on any atom is 0.303 e. The first kappa shape index (κ1) is 17.3. The molecule has 0 saturated heterocycles. The van der Waals surface area contributed by atoms with Gasteiger partial charge in [0.25, 0.3) is 0 Å². The van der Waals surface area contributed by atoms with Gasteiger partial charge >= 0.3 is 5.97 Å². The number of carboxylic acids is 1. The average molecular weight is 266 g/mol. The third-order valence-corrected chi connectivity index (χ3v) is 2.32. The third-order valence-electron chi connectivity index (χ3n) is 2.32. The second kappa shape index (κ2) is 11.4. The molecule has 1 unspecified atom stereocenters. The monoisotopic (exact) mass is 266 g/mol. The number of carbonyl (C=O) groups excluding carboxylic acids is 1. The number of carbonyl (C=O) groups is 2. The highest BCUT2D eigenvalue weighted by Crippen LogP contribution is 2.04. The van der Waals surface area contributed by atoms with Gasteiger partial charge in [-0.3, -0.25) is 9.59 Å². The van der Waals surface area contributed by atoms with E-state index >= 15 is 0 Å². The molecule has 0 saturated carbocycles. The highest BCUT2D eigenvalue weighted by molar-refractivity contribution is 5.89. The minimum Gasteiger partial charge on any atom is -0.481 e. The Hall–Kier alpha value is -1.68. The number of aliphatic carboxylic acids is 1. The van der Waals surface area contributed by atoms with Crippen LogP contribution in [0.1, 0.15) is 39.0 Å². The van der Waals surface area contributed by atoms with Crippen molar-refractivity contribution in [3.63, 3.8) is 0 Å². The number of hydrogen-bond donors (Lipinski definition) is 2. The van der Waals surface area contributed by atoms with Crippen molar-refractivity contribution in [2.75, 3.05) is 0 Å². The van der Waals surface area contributed by atoms with Crippen LogP contribution in [-0.4, -0.2) is 28.1 Å². The van der Waals surface area contributed by atoms with E-state index in [0.29, 0.717) is 12.8 Å². The van der Waals surface area contributed by atoms with Crippen molar-refractivity contribution in [3.8, 4) is 0 Å². The van der Waals surface area contributed by atoms with Crippen LogP contribution in [0.25, 0.3) is 0 Å². The molecule has 0 spiro atoms. The van der Waals surface area contributed by atoms with Gasteiger partial charge in [-0.15, -0.1) is 0 Å². The molecule has 4 heteroatoms. The first-order chi connectivity index (χ1) is 9.02. The standard InChI is InChI=1S/C15H22O4/c1-13(16)9-5-2-3-6-10-14(17)11-7-4-8-12-15(18)19/h2-3,5-6,9-10,13,16H,4,7-8,11-12H2,1H3,(H,18,19). The van der Waals surface area contributed by atoms with Crippen molar-refractivity contribution in [3.05, 3.63) is 36.5 Å². The van der Waals surface area contributed by atoms with Crippen LogP contribution >= 0.6 is 0 Å². The second-order valence-corrected chi connectivity index (χ2v) is 4.29. The predicted octanol–water partition coefficient (Wildman–Crippen LogP) is 2.64. The van der Waals surface area contributed by atoms with Crippen LogP contribution in [0.3, 0.4) is 0 Å². The van der Waals surface area contributed by atoms with Crippen molar-refractivity contribution < 1.29 is 19.8 Å². The predicted molar refractivity (Wildman–Crippen MR) is 74.8 cm³/mol. The van der Waals surface area contributed by atoms with Gasteiger partial charge in [0.15, 0.2) is 5.78 Å². The first-order valence-corrected chi connectivity index (χ1v) is 6.46. The summed E-state index contributed by atoms with van der Waals surface area (Å²) in [6, 6.07) is 0. The molecule has 106 valence electrons. The number of aliphatic hydroxyl groups is 1. The second-order valence-electron chi connectivity index (χ2n) is 4.29. The largest absolute Gasteiger partial charge is 0.481 e. The summed E-state index contributed by atoms with van der Waals surface area (Å²) in [4.78, 5) is 21.6. The Morgan fingerprint density at radius 1 is 1.00 bits per heavy atom. The lowest BCUT2D eigenvalue weighted by atomic mass is 10.1. The number of hydrogen-bond acceptors (Lipinski definition) is 3. The Morgan fingerprint density at radius 3 is 2.26 bits per heavy atom. The zero-order valence-corrected chi connectivity index (χ0v) is 11.3. The van der Waals surface area contributed by atoms with Crippen LogP contribution in [0.2, 0.25) is 0 Å². The fourth-order valence-corrected chi connectivity index (χ4v) is 1.35. The molecule has 0 aliphatic heterocycles. The minimum absolute atomic E-state index is 0.0412. The van der Waals surface area contributed by atoms with Crippen LogP contribution in [0.15, 0.2) is 36.5 Å². The average Bonchev–Trinajstić information content (AvgIpc) is 2.32. The van der Waals surface area contributed by atoms with Crippen molar-refractivity contribution >= 4 is 11.8 Å². The first-order valence-electron chi connectivity index (χ1n) is 6.46. The summed E-state index contributed by atoms with van der Waals surface area (Å²) in [7, 11) is 0. The van der Waals surface area contributed by atoms with Gasteiger partial charge in [-0.1, -0.05) is 36.8 Å². The molecule has 0 aromatic rings. The van der Waals surface area contributed by atoms with Gasteiger partial charge in [0.05, 0.1) is 6.10 Å². The smallest absolute Gasteiger partial charge is 0.303 e. The molecule has 2 N–H and O–H groups in total. The van der Waals surface area contributed by atoms with Gasteiger partial charge in [0.1, 0.15) is 0 Å². The van der Waals surface area contributed by atoms with Crippen molar-refractivity contribution in [2.24, 2.45) is 0 Å². The SMILES string of the molecule is CC(O)C=CC=CC=CC(=O)CCCCCC(=O)O. The molecular formula is C15H22O4. The van der Waals surface area contributed by atoms with Gasteiger partial charge < -0.3 is 10.2 Å². The third kappa shape index (κ3) is 14.3. The lowest BCUT2D eigenvalue weighted by molar-refractivity contribution is -0.137. The summed E-state index contributed by atoms with van der Waals surface area (Å²) < 4.78 is 0. The van der Waals surface area contributed by atoms with Crippen molar-refractivity contribution in [2.45, 2.75) is 45.1 Å². The maximum atomic E-state index is 11.4. The van der Waals surface area contributed by atoms with Gasteiger partial charge in [-0.05, 0) is 25.8 Å². The Balaban J connectivity index is 3.65. The van der Waals surface area contributed by atoms with E-state index in [9.17, 15) is 9.59 Å². The highest BCUT2D eigenvalue weighted by Gasteiger charge is 1.99. The number of carboxylic acid groups (broad SMARTS) is 1. The molecule has 0 heterocycles. The molecule has 0 aliphatic rings. The zero-order valence-electron chi connectivity index (χ0n) is 11.3.